The van der Waals surface area contributed by atoms with Crippen LogP contribution in [0.3, 0.4) is 0 Å². The van der Waals surface area contributed by atoms with Gasteiger partial charge >= 0.3 is 5.97 Å². The molecule has 1 aliphatic carbocycles. The summed E-state index contributed by atoms with van der Waals surface area (Å²) in [5.41, 5.74) is 1.22. The molecule has 1 aliphatic heterocycles. The van der Waals surface area contributed by atoms with Crippen LogP contribution in [0, 0.1) is 0 Å². The molecule has 0 radical (unpaired) electrons. The molecule has 2 aliphatic rings. The Bertz CT molecular complexity index is 572. The summed E-state index contributed by atoms with van der Waals surface area (Å²) in [5.74, 6) is 0.283. The maximum absolute atomic E-state index is 11.7. The molecule has 90 valence electrons. The fourth-order valence-corrected chi connectivity index (χ4v) is 2.30. The number of hydrogen-bond acceptors (Lipinski definition) is 4. The van der Waals surface area contributed by atoms with E-state index in [1.54, 1.807) is 6.08 Å². The summed E-state index contributed by atoms with van der Waals surface area (Å²) in [5, 5.41) is 0. The van der Waals surface area contributed by atoms with Crippen LogP contribution in [0.2, 0.25) is 0 Å². The first-order chi connectivity index (χ1) is 8.75. The summed E-state index contributed by atoms with van der Waals surface area (Å²) >= 11 is 5.27. The molecule has 1 unspecified atom stereocenters. The highest BCUT2D eigenvalue weighted by molar-refractivity contribution is 7.80. The van der Waals surface area contributed by atoms with Crippen molar-refractivity contribution in [3.05, 3.63) is 53.6 Å². The number of rotatable bonds is 2. The highest BCUT2D eigenvalue weighted by Gasteiger charge is 2.37. The van der Waals surface area contributed by atoms with Crippen molar-refractivity contribution in [2.45, 2.75) is 12.7 Å². The van der Waals surface area contributed by atoms with Gasteiger partial charge in [0.2, 0.25) is 0 Å². The van der Waals surface area contributed by atoms with Crippen LogP contribution >= 0.6 is 12.2 Å². The lowest BCUT2D eigenvalue weighted by Crippen LogP contribution is -2.23. The standard InChI is InChI=1S/C14H10O3S/c15-13-10-7-4-8-11(18)12(10)14(17-13)16-9-5-2-1-3-6-9/h1-7,14H,8H2. The van der Waals surface area contributed by atoms with Gasteiger partial charge in [-0.2, -0.15) is 0 Å². The van der Waals surface area contributed by atoms with Gasteiger partial charge in [-0.3, -0.25) is 0 Å². The third kappa shape index (κ3) is 1.84. The fourth-order valence-electron chi connectivity index (χ4n) is 2.00. The van der Waals surface area contributed by atoms with Gasteiger partial charge < -0.3 is 9.47 Å². The first-order valence-electron chi connectivity index (χ1n) is 5.62. The van der Waals surface area contributed by atoms with E-state index in [0.717, 1.165) is 0 Å². The number of esters is 1. The first-order valence-corrected chi connectivity index (χ1v) is 6.03. The van der Waals surface area contributed by atoms with Gasteiger partial charge in [0, 0.05) is 11.3 Å². The van der Waals surface area contributed by atoms with Crippen LogP contribution < -0.4 is 4.74 Å². The number of para-hydroxylation sites is 1. The van der Waals surface area contributed by atoms with Crippen LogP contribution in [0.25, 0.3) is 0 Å². The van der Waals surface area contributed by atoms with Crippen LogP contribution in [0.4, 0.5) is 0 Å². The molecule has 0 amide bonds. The predicted octanol–water partition coefficient (Wildman–Crippen LogP) is 2.57. The monoisotopic (exact) mass is 258 g/mol. The minimum atomic E-state index is -0.715. The summed E-state index contributed by atoms with van der Waals surface area (Å²) in [7, 11) is 0. The number of carbonyl (C=O) groups is 1. The molecule has 0 aromatic heterocycles. The lowest BCUT2D eigenvalue weighted by Gasteiger charge is -2.17. The molecule has 0 fully saturated rings. The minimum Gasteiger partial charge on any atom is -0.450 e. The molecule has 1 aromatic carbocycles. The van der Waals surface area contributed by atoms with Gasteiger partial charge in [0.25, 0.3) is 6.29 Å². The molecule has 0 spiro atoms. The Balaban J connectivity index is 1.91. The fraction of sp³-hybridized carbons (Fsp3) is 0.143. The van der Waals surface area contributed by atoms with E-state index in [1.807, 2.05) is 36.4 Å². The quantitative estimate of drug-likeness (QED) is 0.603. The maximum atomic E-state index is 11.7. The Morgan fingerprint density at radius 2 is 2.06 bits per heavy atom. The van der Waals surface area contributed by atoms with Crippen molar-refractivity contribution in [2.75, 3.05) is 0 Å². The zero-order valence-electron chi connectivity index (χ0n) is 9.46. The minimum absolute atomic E-state index is 0.371. The van der Waals surface area contributed by atoms with Gasteiger partial charge in [-0.25, -0.2) is 4.79 Å². The van der Waals surface area contributed by atoms with Gasteiger partial charge in [0.15, 0.2) is 0 Å². The number of ether oxygens (including phenoxy) is 2. The molecule has 0 saturated carbocycles. The van der Waals surface area contributed by atoms with Gasteiger partial charge in [0.05, 0.1) is 11.1 Å². The zero-order valence-corrected chi connectivity index (χ0v) is 10.3. The van der Waals surface area contributed by atoms with E-state index >= 15 is 0 Å². The topological polar surface area (TPSA) is 35.5 Å². The summed E-state index contributed by atoms with van der Waals surface area (Å²) in [6, 6.07) is 9.25. The molecule has 18 heavy (non-hydrogen) atoms. The number of thiocarbonyl (C=S) groups is 1. The van der Waals surface area contributed by atoms with Crippen molar-refractivity contribution in [1.82, 2.24) is 0 Å². The van der Waals surface area contributed by atoms with Crippen molar-refractivity contribution in [1.29, 1.82) is 0 Å². The second kappa shape index (κ2) is 4.38. The van der Waals surface area contributed by atoms with Crippen molar-refractivity contribution < 1.29 is 14.3 Å². The van der Waals surface area contributed by atoms with E-state index < -0.39 is 6.29 Å². The molecule has 0 bridgehead atoms. The van der Waals surface area contributed by atoms with E-state index in [0.29, 0.717) is 28.2 Å². The number of cyclic esters (lactones) is 1. The van der Waals surface area contributed by atoms with Crippen molar-refractivity contribution in [3.63, 3.8) is 0 Å². The van der Waals surface area contributed by atoms with Gasteiger partial charge in [-0.1, -0.05) is 42.6 Å². The van der Waals surface area contributed by atoms with Crippen molar-refractivity contribution >= 4 is 23.1 Å². The molecule has 0 N–H and O–H groups in total. The highest BCUT2D eigenvalue weighted by atomic mass is 32.1. The average Bonchev–Trinajstić information content (AvgIpc) is 2.69. The largest absolute Gasteiger partial charge is 0.450 e. The molecule has 1 heterocycles. The van der Waals surface area contributed by atoms with Crippen LogP contribution in [0.15, 0.2) is 53.6 Å². The third-order valence-electron chi connectivity index (χ3n) is 2.83. The normalized spacial score (nSPS) is 21.9. The van der Waals surface area contributed by atoms with E-state index in [2.05, 4.69) is 0 Å². The molecular formula is C14H10O3S. The highest BCUT2D eigenvalue weighted by Crippen LogP contribution is 2.31. The summed E-state index contributed by atoms with van der Waals surface area (Å²) in [6.07, 6.45) is 3.56. The Hall–Kier alpha value is -1.94. The van der Waals surface area contributed by atoms with Crippen molar-refractivity contribution in [3.8, 4) is 5.75 Å². The Morgan fingerprint density at radius 1 is 1.28 bits per heavy atom. The molecule has 0 saturated heterocycles. The smallest absolute Gasteiger partial charge is 0.342 e. The van der Waals surface area contributed by atoms with Crippen LogP contribution in [0.5, 0.6) is 5.75 Å². The molecule has 1 atom stereocenters. The van der Waals surface area contributed by atoms with Gasteiger partial charge in [0.1, 0.15) is 5.75 Å². The molecular weight excluding hydrogens is 248 g/mol. The van der Waals surface area contributed by atoms with E-state index in [-0.39, 0.29) is 5.97 Å². The van der Waals surface area contributed by atoms with Crippen LogP contribution in [0.1, 0.15) is 6.42 Å². The van der Waals surface area contributed by atoms with Gasteiger partial charge in [-0.15, -0.1) is 0 Å². The maximum Gasteiger partial charge on any atom is 0.342 e. The third-order valence-corrected chi connectivity index (χ3v) is 3.22. The molecule has 1 aromatic rings. The zero-order chi connectivity index (χ0) is 12.5. The Morgan fingerprint density at radius 3 is 2.83 bits per heavy atom. The predicted molar refractivity (Wildman–Crippen MR) is 70.3 cm³/mol. The Labute approximate surface area is 110 Å². The summed E-state index contributed by atoms with van der Waals surface area (Å²) < 4.78 is 10.9. The Kier molecular flexibility index (Phi) is 2.72. The molecule has 3 nitrogen and oxygen atoms in total. The SMILES string of the molecule is O=C1OC(Oc2ccccc2)C2=C1C=CCC2=S. The average molecular weight is 258 g/mol. The van der Waals surface area contributed by atoms with Crippen LogP contribution in [-0.4, -0.2) is 17.1 Å². The van der Waals surface area contributed by atoms with Gasteiger partial charge in [-0.05, 0) is 12.1 Å². The second-order valence-corrected chi connectivity index (χ2v) is 4.52. The molecule has 3 rings (SSSR count). The first kappa shape index (κ1) is 11.2. The number of hydrogen-bond donors (Lipinski definition) is 0. The van der Waals surface area contributed by atoms with E-state index in [1.165, 1.54) is 0 Å². The van der Waals surface area contributed by atoms with Crippen molar-refractivity contribution in [2.24, 2.45) is 0 Å². The number of benzene rings is 1. The lowest BCUT2D eigenvalue weighted by atomic mass is 9.99. The van der Waals surface area contributed by atoms with E-state index in [4.69, 9.17) is 21.7 Å². The lowest BCUT2D eigenvalue weighted by molar-refractivity contribution is -0.148. The van der Waals surface area contributed by atoms with E-state index in [9.17, 15) is 4.79 Å². The second-order valence-electron chi connectivity index (χ2n) is 4.03. The molecule has 4 heteroatoms. The summed E-state index contributed by atoms with van der Waals surface area (Å²) in [6.45, 7) is 0. The summed E-state index contributed by atoms with van der Waals surface area (Å²) in [4.78, 5) is 12.4. The number of carbonyl (C=O) groups excluding carboxylic acids is 1. The van der Waals surface area contributed by atoms with Crippen LogP contribution in [-0.2, 0) is 9.53 Å². The number of allylic oxidation sites excluding steroid dienone is 1.